The van der Waals surface area contributed by atoms with Gasteiger partial charge in [0, 0.05) is 6.42 Å². The van der Waals surface area contributed by atoms with Crippen LogP contribution in [-0.2, 0) is 14.3 Å². The summed E-state index contributed by atoms with van der Waals surface area (Å²) in [5.74, 6) is -0.864. The quantitative estimate of drug-likeness (QED) is 0.649. The van der Waals surface area contributed by atoms with Gasteiger partial charge in [-0.25, -0.2) is 0 Å². The van der Waals surface area contributed by atoms with E-state index in [4.69, 9.17) is 14.6 Å². The Bertz CT molecular complexity index is 212. The first-order chi connectivity index (χ1) is 6.26. The predicted molar refractivity (Wildman–Crippen MR) is 45.7 cm³/mol. The van der Waals surface area contributed by atoms with Crippen molar-refractivity contribution in [2.24, 2.45) is 0 Å². The Kier molecular flexibility index (Phi) is 3.31. The number of rotatable bonds is 5. The second kappa shape index (κ2) is 4.28. The molecule has 0 radical (unpaired) electrons. The summed E-state index contributed by atoms with van der Waals surface area (Å²) in [6, 6.07) is 0. The lowest BCUT2D eigenvalue weighted by molar-refractivity contribution is -0.166. The summed E-state index contributed by atoms with van der Waals surface area (Å²) in [5.41, 5.74) is 0. The number of hydrogen-bond donors (Lipinski definition) is 1. The minimum absolute atomic E-state index is 0.234. The highest BCUT2D eigenvalue weighted by Crippen LogP contribution is 2.28. The van der Waals surface area contributed by atoms with Gasteiger partial charge in [0.05, 0.1) is 0 Å². The zero-order valence-electron chi connectivity index (χ0n) is 7.66. The fourth-order valence-electron chi connectivity index (χ4n) is 1.15. The minimum atomic E-state index is -1.17. The summed E-state index contributed by atoms with van der Waals surface area (Å²) in [7, 11) is 0. The lowest BCUT2D eigenvalue weighted by atomic mass is 10.1. The Hall–Kier alpha value is -1.03. The van der Waals surface area contributed by atoms with E-state index in [0.29, 0.717) is 18.5 Å². The first-order valence-electron chi connectivity index (χ1n) is 4.39. The normalized spacial score (nSPS) is 26.2. The maximum atomic E-state index is 10.7. The summed E-state index contributed by atoms with van der Waals surface area (Å²) in [6.45, 7) is 1.79. The van der Waals surface area contributed by atoms with E-state index in [0.717, 1.165) is 12.8 Å². The highest BCUT2D eigenvalue weighted by atomic mass is 16.7. The molecule has 1 aliphatic rings. The molecule has 0 bridgehead atoms. The molecule has 0 aromatic heterocycles. The van der Waals surface area contributed by atoms with E-state index in [1.165, 1.54) is 6.26 Å². The molecule has 1 rings (SSSR count). The molecule has 0 aromatic carbocycles. The average Bonchev–Trinajstić information content (AvgIpc) is 2.59. The molecule has 1 unspecified atom stereocenters. The largest absolute Gasteiger partial charge is 0.450 e. The van der Waals surface area contributed by atoms with Crippen LogP contribution in [0.1, 0.15) is 26.2 Å². The zero-order valence-corrected chi connectivity index (χ0v) is 7.66. The molecule has 0 saturated carbocycles. The molecule has 13 heavy (non-hydrogen) atoms. The topological polar surface area (TPSA) is 55.8 Å². The maximum Gasteiger partial charge on any atom is 0.307 e. The maximum absolute atomic E-state index is 10.7. The van der Waals surface area contributed by atoms with Crippen molar-refractivity contribution in [3.63, 3.8) is 0 Å². The van der Waals surface area contributed by atoms with Gasteiger partial charge in [0.1, 0.15) is 12.9 Å². The summed E-state index contributed by atoms with van der Waals surface area (Å²) in [5, 5.41) is 8.73. The van der Waals surface area contributed by atoms with Gasteiger partial charge in [0.15, 0.2) is 5.76 Å². The molecule has 0 amide bonds. The van der Waals surface area contributed by atoms with E-state index in [1.807, 2.05) is 6.92 Å². The smallest absolute Gasteiger partial charge is 0.307 e. The van der Waals surface area contributed by atoms with Crippen molar-refractivity contribution in [2.75, 3.05) is 6.61 Å². The van der Waals surface area contributed by atoms with Crippen LogP contribution in [0.2, 0.25) is 0 Å². The number of unbranched alkanes of at least 4 members (excludes halogenated alkanes) is 1. The van der Waals surface area contributed by atoms with Crippen LogP contribution in [0.25, 0.3) is 0 Å². The van der Waals surface area contributed by atoms with Crippen LogP contribution in [0.4, 0.5) is 0 Å². The minimum Gasteiger partial charge on any atom is -0.450 e. The molecule has 1 aliphatic heterocycles. The molecule has 1 heterocycles. The van der Waals surface area contributed by atoms with Gasteiger partial charge < -0.3 is 14.6 Å². The van der Waals surface area contributed by atoms with E-state index < -0.39 is 5.79 Å². The summed E-state index contributed by atoms with van der Waals surface area (Å²) >= 11 is 0. The van der Waals surface area contributed by atoms with Gasteiger partial charge in [-0.3, -0.25) is 4.79 Å². The standard InChI is InChI=1S/C9H14O4/c1-2-3-4-9(7-11)12-6-8(5-10)13-9/h6-7,10H,2-5H2,1H3. The van der Waals surface area contributed by atoms with Crippen molar-refractivity contribution in [1.82, 2.24) is 0 Å². The first-order valence-corrected chi connectivity index (χ1v) is 4.39. The zero-order chi connectivity index (χ0) is 9.73. The number of carbonyl (C=O) groups is 1. The fraction of sp³-hybridized carbons (Fsp3) is 0.667. The van der Waals surface area contributed by atoms with E-state index >= 15 is 0 Å². The highest BCUT2D eigenvalue weighted by Gasteiger charge is 2.37. The van der Waals surface area contributed by atoms with Gasteiger partial charge in [-0.2, -0.15) is 0 Å². The first kappa shape index (κ1) is 10.1. The van der Waals surface area contributed by atoms with E-state index in [2.05, 4.69) is 0 Å². The summed E-state index contributed by atoms with van der Waals surface area (Å²) < 4.78 is 10.3. The van der Waals surface area contributed by atoms with Crippen LogP contribution in [-0.4, -0.2) is 23.8 Å². The highest BCUT2D eigenvalue weighted by molar-refractivity contribution is 5.61. The number of aliphatic hydroxyl groups excluding tert-OH is 1. The number of hydrogen-bond acceptors (Lipinski definition) is 4. The van der Waals surface area contributed by atoms with Crippen LogP contribution in [0.5, 0.6) is 0 Å². The van der Waals surface area contributed by atoms with Gasteiger partial charge in [-0.1, -0.05) is 13.3 Å². The molecule has 1 atom stereocenters. The van der Waals surface area contributed by atoms with Crippen LogP contribution in [0.15, 0.2) is 12.0 Å². The third kappa shape index (κ3) is 2.21. The molecule has 74 valence electrons. The molecule has 4 nitrogen and oxygen atoms in total. The van der Waals surface area contributed by atoms with E-state index in [9.17, 15) is 4.79 Å². The van der Waals surface area contributed by atoms with Crippen molar-refractivity contribution in [1.29, 1.82) is 0 Å². The summed E-state index contributed by atoms with van der Waals surface area (Å²) in [6.07, 6.45) is 4.28. The van der Waals surface area contributed by atoms with Crippen LogP contribution in [0.3, 0.4) is 0 Å². The molecule has 0 saturated heterocycles. The molecule has 0 aliphatic carbocycles. The Labute approximate surface area is 77.1 Å². The van der Waals surface area contributed by atoms with Gasteiger partial charge >= 0.3 is 5.79 Å². The van der Waals surface area contributed by atoms with Gasteiger partial charge in [-0.05, 0) is 6.42 Å². The second-order valence-corrected chi connectivity index (χ2v) is 3.00. The Morgan fingerprint density at radius 1 is 1.69 bits per heavy atom. The van der Waals surface area contributed by atoms with E-state index in [1.54, 1.807) is 0 Å². The Balaban J connectivity index is 2.50. The number of ether oxygens (including phenoxy) is 2. The average molecular weight is 186 g/mol. The third-order valence-electron chi connectivity index (χ3n) is 1.91. The fourth-order valence-corrected chi connectivity index (χ4v) is 1.15. The van der Waals surface area contributed by atoms with Crippen molar-refractivity contribution >= 4 is 6.29 Å². The number of aldehydes is 1. The van der Waals surface area contributed by atoms with Crippen LogP contribution in [0, 0.1) is 0 Å². The van der Waals surface area contributed by atoms with E-state index in [-0.39, 0.29) is 6.61 Å². The monoisotopic (exact) mass is 186 g/mol. The second-order valence-electron chi connectivity index (χ2n) is 3.00. The van der Waals surface area contributed by atoms with Gasteiger partial charge in [-0.15, -0.1) is 0 Å². The molecule has 4 heteroatoms. The number of aliphatic hydroxyl groups is 1. The van der Waals surface area contributed by atoms with Crippen molar-refractivity contribution in [2.45, 2.75) is 32.0 Å². The Morgan fingerprint density at radius 3 is 2.92 bits per heavy atom. The van der Waals surface area contributed by atoms with Gasteiger partial charge in [0.2, 0.25) is 6.29 Å². The molecular weight excluding hydrogens is 172 g/mol. The van der Waals surface area contributed by atoms with Gasteiger partial charge in [0.25, 0.3) is 0 Å². The van der Waals surface area contributed by atoms with Crippen molar-refractivity contribution in [3.05, 3.63) is 12.0 Å². The molecule has 1 N–H and O–H groups in total. The SMILES string of the molecule is CCCCC1(C=O)OC=C(CO)O1. The lowest BCUT2D eigenvalue weighted by Gasteiger charge is -2.21. The lowest BCUT2D eigenvalue weighted by Crippen LogP contribution is -2.32. The number of carbonyl (C=O) groups excluding carboxylic acids is 1. The van der Waals surface area contributed by atoms with Crippen molar-refractivity contribution in [3.8, 4) is 0 Å². The third-order valence-corrected chi connectivity index (χ3v) is 1.91. The predicted octanol–water partition coefficient (Wildman–Crippen LogP) is 0.952. The van der Waals surface area contributed by atoms with Crippen LogP contribution >= 0.6 is 0 Å². The molecule has 0 aromatic rings. The molecular formula is C9H14O4. The molecule has 0 fully saturated rings. The Morgan fingerprint density at radius 2 is 2.46 bits per heavy atom. The summed E-state index contributed by atoms with van der Waals surface area (Å²) in [4.78, 5) is 10.7. The van der Waals surface area contributed by atoms with Crippen molar-refractivity contribution < 1.29 is 19.4 Å². The molecule has 0 spiro atoms. The van der Waals surface area contributed by atoms with Crippen LogP contribution < -0.4 is 0 Å².